The van der Waals surface area contributed by atoms with E-state index in [9.17, 15) is 13.2 Å². The first-order chi connectivity index (χ1) is 15.4. The Morgan fingerprint density at radius 1 is 1.09 bits per heavy atom. The third kappa shape index (κ3) is 6.11. The van der Waals surface area contributed by atoms with E-state index in [1.807, 2.05) is 12.1 Å². The molecule has 1 fully saturated rings. The Bertz CT molecular complexity index is 1040. The fraction of sp³-hybridized carbons (Fsp3) is 0.375. The molecule has 0 unspecified atom stereocenters. The number of ether oxygens (including phenoxy) is 2. The number of hydrogen-bond donors (Lipinski definition) is 1. The van der Waals surface area contributed by atoms with Gasteiger partial charge in [0.05, 0.1) is 12.0 Å². The summed E-state index contributed by atoms with van der Waals surface area (Å²) in [6.07, 6.45) is 6.32. The van der Waals surface area contributed by atoms with Gasteiger partial charge in [0.1, 0.15) is 0 Å². The third-order valence-corrected chi connectivity index (χ3v) is 7.18. The zero-order valence-electron chi connectivity index (χ0n) is 18.4. The van der Waals surface area contributed by atoms with Gasteiger partial charge in [0.15, 0.2) is 18.1 Å². The molecule has 0 bridgehead atoms. The fourth-order valence-electron chi connectivity index (χ4n) is 3.63. The number of amides is 1. The summed E-state index contributed by atoms with van der Waals surface area (Å²) in [5.74, 6) is 0.585. The first-order valence-corrected chi connectivity index (χ1v) is 12.2. The normalized spacial score (nSPS) is 14.9. The first kappa shape index (κ1) is 23.8. The molecule has 3 rings (SSSR count). The molecular formula is C24H30N2O5S. The van der Waals surface area contributed by atoms with Gasteiger partial charge in [-0.05, 0) is 55.2 Å². The number of nitrogens with one attached hydrogen (secondary N) is 1. The number of sulfonamides is 1. The highest BCUT2D eigenvalue weighted by Crippen LogP contribution is 2.28. The van der Waals surface area contributed by atoms with E-state index >= 15 is 0 Å². The largest absolute Gasteiger partial charge is 0.493 e. The van der Waals surface area contributed by atoms with Crippen LogP contribution in [0, 0.1) is 0 Å². The zero-order valence-corrected chi connectivity index (χ0v) is 19.2. The van der Waals surface area contributed by atoms with Crippen LogP contribution in [0.5, 0.6) is 11.5 Å². The molecule has 0 radical (unpaired) electrons. The molecule has 1 aliphatic rings. The predicted molar refractivity (Wildman–Crippen MR) is 125 cm³/mol. The average Bonchev–Trinajstić information content (AvgIpc) is 3.09. The summed E-state index contributed by atoms with van der Waals surface area (Å²) >= 11 is 0. The van der Waals surface area contributed by atoms with E-state index in [0.717, 1.165) is 31.2 Å². The Morgan fingerprint density at radius 3 is 2.53 bits per heavy atom. The van der Waals surface area contributed by atoms with Crippen molar-refractivity contribution in [1.82, 2.24) is 4.31 Å². The molecule has 0 aliphatic carbocycles. The smallest absolute Gasteiger partial charge is 0.262 e. The van der Waals surface area contributed by atoms with Gasteiger partial charge in [-0.1, -0.05) is 31.1 Å². The molecule has 7 nitrogen and oxygen atoms in total. The van der Waals surface area contributed by atoms with Crippen molar-refractivity contribution in [1.29, 1.82) is 0 Å². The molecule has 2 aromatic carbocycles. The van der Waals surface area contributed by atoms with Crippen molar-refractivity contribution in [3.05, 3.63) is 60.7 Å². The quantitative estimate of drug-likeness (QED) is 0.574. The van der Waals surface area contributed by atoms with E-state index in [0.29, 0.717) is 36.7 Å². The highest BCUT2D eigenvalue weighted by Gasteiger charge is 2.25. The van der Waals surface area contributed by atoms with Crippen LogP contribution >= 0.6 is 0 Å². The van der Waals surface area contributed by atoms with Gasteiger partial charge in [-0.2, -0.15) is 4.31 Å². The van der Waals surface area contributed by atoms with E-state index in [1.165, 1.54) is 17.5 Å². The Morgan fingerprint density at radius 2 is 1.84 bits per heavy atom. The average molecular weight is 459 g/mol. The lowest BCUT2D eigenvalue weighted by atomic mass is 10.1. The molecule has 0 spiro atoms. The van der Waals surface area contributed by atoms with Gasteiger partial charge in [-0.15, -0.1) is 6.58 Å². The molecule has 1 amide bonds. The number of hydrogen-bond acceptors (Lipinski definition) is 5. The Kier molecular flexibility index (Phi) is 8.30. The van der Waals surface area contributed by atoms with Gasteiger partial charge in [0.25, 0.3) is 5.91 Å². The van der Waals surface area contributed by atoms with Crippen molar-refractivity contribution >= 4 is 21.6 Å². The number of benzene rings is 2. The van der Waals surface area contributed by atoms with Crippen molar-refractivity contribution in [2.45, 2.75) is 37.0 Å². The second-order valence-corrected chi connectivity index (χ2v) is 9.60. The van der Waals surface area contributed by atoms with Crippen LogP contribution in [0.3, 0.4) is 0 Å². The molecule has 0 atom stereocenters. The van der Waals surface area contributed by atoms with Crippen LogP contribution in [-0.2, 0) is 21.2 Å². The van der Waals surface area contributed by atoms with Crippen LogP contribution in [0.4, 0.5) is 5.69 Å². The summed E-state index contributed by atoms with van der Waals surface area (Å²) in [7, 11) is -2.05. The standard InChI is InChI=1S/C24H30N2O5S/c1-3-9-19-12-13-22(23(16-19)30-2)31-18-24(27)25-20-10-8-11-21(17-20)32(28,29)26-14-6-4-5-7-15-26/h3,8,10-13,16-17H,1,4-7,9,14-15,18H2,2H3,(H,25,27). The lowest BCUT2D eigenvalue weighted by molar-refractivity contribution is -0.118. The van der Waals surface area contributed by atoms with E-state index in [1.54, 1.807) is 30.3 Å². The number of anilines is 1. The second kappa shape index (κ2) is 11.2. The van der Waals surface area contributed by atoms with Crippen molar-refractivity contribution < 1.29 is 22.7 Å². The summed E-state index contributed by atoms with van der Waals surface area (Å²) in [4.78, 5) is 12.6. The summed E-state index contributed by atoms with van der Waals surface area (Å²) in [6.45, 7) is 4.54. The van der Waals surface area contributed by atoms with E-state index in [4.69, 9.17) is 9.47 Å². The minimum absolute atomic E-state index is 0.178. The molecule has 2 aromatic rings. The SMILES string of the molecule is C=CCc1ccc(OCC(=O)Nc2cccc(S(=O)(=O)N3CCCCCC3)c2)c(OC)c1. The fourth-order valence-corrected chi connectivity index (χ4v) is 5.19. The maximum absolute atomic E-state index is 13.0. The van der Waals surface area contributed by atoms with Crippen molar-refractivity contribution in [3.8, 4) is 11.5 Å². The third-order valence-electron chi connectivity index (χ3n) is 5.29. The van der Waals surface area contributed by atoms with Crippen LogP contribution in [0.2, 0.25) is 0 Å². The topological polar surface area (TPSA) is 84.9 Å². The predicted octanol–water partition coefficient (Wildman–Crippen LogP) is 4.01. The van der Waals surface area contributed by atoms with Gasteiger partial charge in [0, 0.05) is 18.8 Å². The Balaban J connectivity index is 1.64. The lowest BCUT2D eigenvalue weighted by Gasteiger charge is -2.20. The van der Waals surface area contributed by atoms with Crippen LogP contribution < -0.4 is 14.8 Å². The van der Waals surface area contributed by atoms with Crippen LogP contribution in [0.25, 0.3) is 0 Å². The van der Waals surface area contributed by atoms with E-state index < -0.39 is 15.9 Å². The highest BCUT2D eigenvalue weighted by molar-refractivity contribution is 7.89. The van der Waals surface area contributed by atoms with Crippen molar-refractivity contribution in [2.24, 2.45) is 0 Å². The van der Waals surface area contributed by atoms with Gasteiger partial charge in [-0.3, -0.25) is 4.79 Å². The molecule has 1 N–H and O–H groups in total. The maximum Gasteiger partial charge on any atom is 0.262 e. The Labute approximate surface area is 190 Å². The molecule has 32 heavy (non-hydrogen) atoms. The van der Waals surface area contributed by atoms with E-state index in [-0.39, 0.29) is 11.5 Å². The number of allylic oxidation sites excluding steroid dienone is 1. The van der Waals surface area contributed by atoms with Gasteiger partial charge in [-0.25, -0.2) is 8.42 Å². The summed E-state index contributed by atoms with van der Waals surface area (Å²) < 4.78 is 38.5. The van der Waals surface area contributed by atoms with E-state index in [2.05, 4.69) is 11.9 Å². The van der Waals surface area contributed by atoms with Gasteiger partial charge < -0.3 is 14.8 Å². The van der Waals surface area contributed by atoms with Crippen LogP contribution in [-0.4, -0.2) is 45.4 Å². The molecule has 1 saturated heterocycles. The summed E-state index contributed by atoms with van der Waals surface area (Å²) in [6, 6.07) is 11.8. The number of rotatable bonds is 9. The number of nitrogens with zero attached hydrogens (tertiary/aromatic N) is 1. The second-order valence-electron chi connectivity index (χ2n) is 7.66. The molecule has 0 aromatic heterocycles. The molecule has 1 heterocycles. The van der Waals surface area contributed by atoms with Crippen LogP contribution in [0.15, 0.2) is 60.0 Å². The van der Waals surface area contributed by atoms with Crippen LogP contribution in [0.1, 0.15) is 31.2 Å². The molecule has 0 saturated carbocycles. The molecule has 1 aliphatic heterocycles. The number of methoxy groups -OCH3 is 1. The maximum atomic E-state index is 13.0. The van der Waals surface area contributed by atoms with Crippen molar-refractivity contribution in [3.63, 3.8) is 0 Å². The zero-order chi connectivity index (χ0) is 23.0. The minimum atomic E-state index is -3.59. The molecular weight excluding hydrogens is 428 g/mol. The molecule has 172 valence electrons. The summed E-state index contributed by atoms with van der Waals surface area (Å²) in [5.41, 5.74) is 1.43. The number of carbonyl (C=O) groups is 1. The first-order valence-electron chi connectivity index (χ1n) is 10.7. The minimum Gasteiger partial charge on any atom is -0.493 e. The van der Waals surface area contributed by atoms with Crippen molar-refractivity contribution in [2.75, 3.05) is 32.1 Å². The molecule has 8 heteroatoms. The summed E-state index contributed by atoms with van der Waals surface area (Å²) in [5, 5.41) is 2.71. The Hall–Kier alpha value is -2.84. The van der Waals surface area contributed by atoms with Gasteiger partial charge in [0.2, 0.25) is 10.0 Å². The van der Waals surface area contributed by atoms with Gasteiger partial charge >= 0.3 is 0 Å². The number of carbonyl (C=O) groups excluding carboxylic acids is 1. The lowest BCUT2D eigenvalue weighted by Crippen LogP contribution is -2.32. The highest BCUT2D eigenvalue weighted by atomic mass is 32.2. The monoisotopic (exact) mass is 458 g/mol.